The molecule has 2 amide bonds. The molecule has 35 heavy (non-hydrogen) atoms. The van der Waals surface area contributed by atoms with E-state index in [1.807, 2.05) is 30.3 Å². The highest BCUT2D eigenvalue weighted by Gasteiger charge is 2.53. The number of nitrogens with one attached hydrogen (secondary N) is 1. The highest BCUT2D eigenvalue weighted by atomic mass is 32.2. The number of aliphatic carboxylic acids is 2. The fourth-order valence-electron chi connectivity index (χ4n) is 5.23. The van der Waals surface area contributed by atoms with Crippen LogP contribution in [0.3, 0.4) is 0 Å². The van der Waals surface area contributed by atoms with E-state index in [1.54, 1.807) is 0 Å². The van der Waals surface area contributed by atoms with Crippen molar-refractivity contribution in [1.82, 2.24) is 15.1 Å². The average molecular weight is 506 g/mol. The number of carboxylic acids is 2. The zero-order valence-electron chi connectivity index (χ0n) is 19.3. The number of amides is 2. The summed E-state index contributed by atoms with van der Waals surface area (Å²) in [7, 11) is 0. The molecular formula is C23H31N5O6S. The van der Waals surface area contributed by atoms with E-state index in [-0.39, 0.29) is 23.7 Å². The van der Waals surface area contributed by atoms with E-state index < -0.39 is 29.6 Å². The molecule has 0 saturated carbocycles. The summed E-state index contributed by atoms with van der Waals surface area (Å²) in [6, 6.07) is 8.58. The maximum atomic E-state index is 12.8. The van der Waals surface area contributed by atoms with Crippen LogP contribution >= 0.6 is 11.8 Å². The number of carbonyl (C=O) groups is 4. The summed E-state index contributed by atoms with van der Waals surface area (Å²) >= 11 is 1.54. The number of nitrogens with zero attached hydrogens (tertiary/aromatic N) is 3. The third-order valence-corrected chi connectivity index (χ3v) is 8.37. The summed E-state index contributed by atoms with van der Waals surface area (Å²) in [4.78, 5) is 51.3. The lowest BCUT2D eigenvalue weighted by atomic mass is 9.86. The molecule has 11 nitrogen and oxygen atoms in total. The maximum absolute atomic E-state index is 12.8. The minimum atomic E-state index is -0.970. The molecule has 1 unspecified atom stereocenters. The molecule has 0 bridgehead atoms. The molecule has 1 spiro atoms. The van der Waals surface area contributed by atoms with Crippen molar-refractivity contribution in [3.8, 4) is 0 Å². The van der Waals surface area contributed by atoms with Gasteiger partial charge in [-0.25, -0.2) is 4.79 Å². The molecule has 5 N–H and O–H groups in total. The van der Waals surface area contributed by atoms with Gasteiger partial charge < -0.3 is 36.0 Å². The van der Waals surface area contributed by atoms with E-state index in [9.17, 15) is 19.2 Å². The molecule has 3 atom stereocenters. The van der Waals surface area contributed by atoms with Crippen molar-refractivity contribution in [2.45, 2.75) is 48.7 Å². The number of anilines is 1. The van der Waals surface area contributed by atoms with Crippen LogP contribution < -0.4 is 16.0 Å². The van der Waals surface area contributed by atoms with E-state index in [2.05, 4.69) is 10.2 Å². The average Bonchev–Trinajstić information content (AvgIpc) is 3.39. The molecule has 4 fully saturated rings. The summed E-state index contributed by atoms with van der Waals surface area (Å²) in [5.74, 6) is -1.68. The first kappa shape index (κ1) is 25.3. The summed E-state index contributed by atoms with van der Waals surface area (Å²) in [5.41, 5.74) is 5.98. The van der Waals surface area contributed by atoms with Gasteiger partial charge in [-0.2, -0.15) is 0 Å². The first-order valence-corrected chi connectivity index (χ1v) is 12.8. The monoisotopic (exact) mass is 505 g/mol. The topological polar surface area (TPSA) is 157 Å². The number of thioether (sulfide) groups is 1. The van der Waals surface area contributed by atoms with E-state index in [0.717, 1.165) is 25.2 Å². The number of nitrogens with two attached hydrogens (primary N) is 1. The second-order valence-corrected chi connectivity index (χ2v) is 10.4. The Labute approximate surface area is 207 Å². The predicted octanol–water partition coefficient (Wildman–Crippen LogP) is -0.0383. The van der Waals surface area contributed by atoms with Crippen molar-refractivity contribution >= 4 is 41.2 Å². The Kier molecular flexibility index (Phi) is 7.53. The van der Waals surface area contributed by atoms with Gasteiger partial charge in [0.1, 0.15) is 18.1 Å². The smallest absolute Gasteiger partial charge is 0.327 e. The fourth-order valence-corrected chi connectivity index (χ4v) is 6.66. The van der Waals surface area contributed by atoms with E-state index in [4.69, 9.17) is 15.9 Å². The number of rotatable bonds is 4. The van der Waals surface area contributed by atoms with Crippen LogP contribution in [0.1, 0.15) is 25.7 Å². The Balaban J connectivity index is 0.000000179. The van der Waals surface area contributed by atoms with Gasteiger partial charge in [0.2, 0.25) is 5.91 Å². The molecule has 0 aliphatic carbocycles. The van der Waals surface area contributed by atoms with E-state index in [1.165, 1.54) is 21.6 Å². The number of fused-ring (bicyclic) bond motifs is 1. The molecule has 4 heterocycles. The standard InChI is InChI=1S/C15H19N3O3.C8H12N2O3S/c19-13(20)10-17-11-18(12-4-2-1-3-5-12)15(14(17)21)6-8-16-9-7-15;9-4-1-2-6-10(7(4)11)5(3-14-6)8(12)13/h1-5,16H,6-11H2,(H,19,20);4-6H,1-3,9H2,(H,12,13)/t;4-,5-,6?/m.0/s1. The number of piperidine rings is 2. The highest BCUT2D eigenvalue weighted by molar-refractivity contribution is 8.00. The van der Waals surface area contributed by atoms with Crippen molar-refractivity contribution < 1.29 is 29.4 Å². The zero-order valence-corrected chi connectivity index (χ0v) is 20.2. The predicted molar refractivity (Wildman–Crippen MR) is 130 cm³/mol. The minimum Gasteiger partial charge on any atom is -0.480 e. The quantitative estimate of drug-likeness (QED) is 0.438. The van der Waals surface area contributed by atoms with E-state index >= 15 is 0 Å². The van der Waals surface area contributed by atoms with Crippen LogP contribution in [0.5, 0.6) is 0 Å². The lowest BCUT2D eigenvalue weighted by Gasteiger charge is -2.40. The van der Waals surface area contributed by atoms with Gasteiger partial charge in [0, 0.05) is 11.4 Å². The number of para-hydroxylation sites is 1. The van der Waals surface area contributed by atoms with Gasteiger partial charge in [-0.1, -0.05) is 18.2 Å². The Morgan fingerprint density at radius 2 is 1.80 bits per heavy atom. The van der Waals surface area contributed by atoms with Crippen LogP contribution in [-0.2, 0) is 19.2 Å². The number of hydrogen-bond donors (Lipinski definition) is 4. The molecule has 4 aliphatic heterocycles. The van der Waals surface area contributed by atoms with Gasteiger partial charge in [-0.3, -0.25) is 14.4 Å². The number of carbonyl (C=O) groups excluding carboxylic acids is 2. The molecule has 0 radical (unpaired) electrons. The summed E-state index contributed by atoms with van der Waals surface area (Å²) in [5, 5.41) is 21.2. The van der Waals surface area contributed by atoms with Crippen molar-refractivity contribution in [3.63, 3.8) is 0 Å². The van der Waals surface area contributed by atoms with Gasteiger partial charge in [0.15, 0.2) is 0 Å². The van der Waals surface area contributed by atoms with Gasteiger partial charge >= 0.3 is 11.9 Å². The Morgan fingerprint density at radius 1 is 1.11 bits per heavy atom. The summed E-state index contributed by atoms with van der Waals surface area (Å²) < 4.78 is 0. The highest BCUT2D eigenvalue weighted by Crippen LogP contribution is 2.38. The molecular weight excluding hydrogens is 474 g/mol. The van der Waals surface area contributed by atoms with Crippen LogP contribution in [0.4, 0.5) is 5.69 Å². The molecule has 4 aliphatic rings. The summed E-state index contributed by atoms with van der Waals surface area (Å²) in [6.07, 6.45) is 2.88. The number of benzene rings is 1. The zero-order chi connectivity index (χ0) is 25.2. The third-order valence-electron chi connectivity index (χ3n) is 7.01. The SMILES string of the molecule is N[C@H]1CCC2SC[C@@H](C(=O)O)N2C1=O.O=C(O)CN1CN(c2ccccc2)C2(CCNCC2)C1=O. The van der Waals surface area contributed by atoms with Gasteiger partial charge in [0.05, 0.1) is 18.1 Å². The summed E-state index contributed by atoms with van der Waals surface area (Å²) in [6.45, 7) is 1.65. The van der Waals surface area contributed by atoms with Gasteiger partial charge in [-0.15, -0.1) is 11.8 Å². The van der Waals surface area contributed by atoms with Crippen molar-refractivity contribution in [2.75, 3.05) is 37.0 Å². The molecule has 190 valence electrons. The maximum Gasteiger partial charge on any atom is 0.327 e. The Morgan fingerprint density at radius 3 is 2.43 bits per heavy atom. The minimum absolute atomic E-state index is 0.0309. The molecule has 0 aromatic heterocycles. The molecule has 12 heteroatoms. The van der Waals surface area contributed by atoms with Crippen LogP contribution in [0.2, 0.25) is 0 Å². The lowest BCUT2D eigenvalue weighted by molar-refractivity contribution is -0.151. The van der Waals surface area contributed by atoms with Gasteiger partial charge in [-0.05, 0) is 50.9 Å². The van der Waals surface area contributed by atoms with Crippen LogP contribution in [0.25, 0.3) is 0 Å². The van der Waals surface area contributed by atoms with Crippen LogP contribution in [0, 0.1) is 0 Å². The lowest BCUT2D eigenvalue weighted by Crippen LogP contribution is -2.55. The second kappa shape index (κ2) is 10.4. The first-order valence-electron chi connectivity index (χ1n) is 11.7. The van der Waals surface area contributed by atoms with Crippen molar-refractivity contribution in [1.29, 1.82) is 0 Å². The van der Waals surface area contributed by atoms with E-state index in [0.29, 0.717) is 31.7 Å². The second-order valence-electron chi connectivity index (χ2n) is 9.15. The van der Waals surface area contributed by atoms with Crippen LogP contribution in [-0.4, -0.2) is 98.8 Å². The van der Waals surface area contributed by atoms with Crippen molar-refractivity contribution in [2.24, 2.45) is 5.73 Å². The fraction of sp³-hybridized carbons (Fsp3) is 0.565. The first-order chi connectivity index (χ1) is 16.7. The normalized spacial score (nSPS) is 27.5. The van der Waals surface area contributed by atoms with Crippen LogP contribution in [0.15, 0.2) is 30.3 Å². The van der Waals surface area contributed by atoms with Gasteiger partial charge in [0.25, 0.3) is 5.91 Å². The largest absolute Gasteiger partial charge is 0.480 e. The molecule has 5 rings (SSSR count). The third kappa shape index (κ3) is 4.95. The number of hydrogen-bond acceptors (Lipinski definition) is 8. The Bertz CT molecular complexity index is 972. The molecule has 1 aromatic carbocycles. The van der Waals surface area contributed by atoms with Crippen molar-refractivity contribution in [3.05, 3.63) is 30.3 Å². The molecule has 1 aromatic rings. The number of carboxylic acid groups (broad SMARTS) is 2. The molecule has 4 saturated heterocycles. The Hall–Kier alpha value is -2.83.